The Bertz CT molecular complexity index is 1020. The molecule has 3 aromatic rings. The summed E-state index contributed by atoms with van der Waals surface area (Å²) in [7, 11) is 1.62. The molecule has 0 spiro atoms. The first-order chi connectivity index (χ1) is 15.4. The maximum absolute atomic E-state index is 13.1. The average molecular weight is 459 g/mol. The molecule has 1 aromatic heterocycles. The van der Waals surface area contributed by atoms with Crippen LogP contribution in [0.15, 0.2) is 53.7 Å². The van der Waals surface area contributed by atoms with E-state index in [0.717, 1.165) is 11.3 Å². The number of thioether (sulfide) groups is 1. The summed E-state index contributed by atoms with van der Waals surface area (Å²) in [5.74, 6) is 1.77. The Balaban J connectivity index is 1.59. The summed E-state index contributed by atoms with van der Waals surface area (Å²) in [4.78, 5) is 12.3. The fraction of sp³-hybridized carbons (Fsp3) is 0.348. The van der Waals surface area contributed by atoms with Crippen molar-refractivity contribution in [1.82, 2.24) is 20.1 Å². The van der Waals surface area contributed by atoms with E-state index >= 15 is 0 Å². The van der Waals surface area contributed by atoms with Crippen LogP contribution in [0.1, 0.15) is 44.3 Å². The van der Waals surface area contributed by atoms with Gasteiger partial charge in [0.2, 0.25) is 5.91 Å². The predicted octanol–water partition coefficient (Wildman–Crippen LogP) is 4.56. The SMILES string of the molecule is COc1ccc(CNC(=O)CSc2nnc(C(C)Oc3ccc(F)cc3)n2C(C)C)cc1. The predicted molar refractivity (Wildman–Crippen MR) is 121 cm³/mol. The summed E-state index contributed by atoms with van der Waals surface area (Å²) in [6, 6.07) is 13.5. The third-order valence-corrected chi connectivity index (χ3v) is 5.62. The van der Waals surface area contributed by atoms with Crippen LogP contribution < -0.4 is 14.8 Å². The molecule has 0 aliphatic rings. The standard InChI is InChI=1S/C23H27FN4O3S/c1-15(2)28-22(16(3)31-20-11-7-18(24)8-12-20)26-27-23(28)32-14-21(29)25-13-17-5-9-19(30-4)10-6-17/h5-12,15-16H,13-14H2,1-4H3,(H,25,29). The van der Waals surface area contributed by atoms with Crippen molar-refractivity contribution in [2.24, 2.45) is 0 Å². The molecule has 0 radical (unpaired) electrons. The zero-order chi connectivity index (χ0) is 23.1. The van der Waals surface area contributed by atoms with E-state index < -0.39 is 6.10 Å². The molecule has 0 aliphatic heterocycles. The van der Waals surface area contributed by atoms with E-state index in [1.54, 1.807) is 19.2 Å². The van der Waals surface area contributed by atoms with Crippen LogP contribution in [-0.4, -0.2) is 33.5 Å². The number of halogens is 1. The lowest BCUT2D eigenvalue weighted by atomic mass is 10.2. The zero-order valence-electron chi connectivity index (χ0n) is 18.5. The van der Waals surface area contributed by atoms with Crippen molar-refractivity contribution < 1.29 is 18.7 Å². The average Bonchev–Trinajstić information content (AvgIpc) is 3.22. The summed E-state index contributed by atoms with van der Waals surface area (Å²) in [5, 5.41) is 12.1. The first kappa shape index (κ1) is 23.6. The Morgan fingerprint density at radius 2 is 1.72 bits per heavy atom. The van der Waals surface area contributed by atoms with Crippen molar-refractivity contribution in [3.8, 4) is 11.5 Å². The quantitative estimate of drug-likeness (QED) is 0.449. The molecular weight excluding hydrogens is 431 g/mol. The first-order valence-electron chi connectivity index (χ1n) is 10.3. The van der Waals surface area contributed by atoms with Gasteiger partial charge < -0.3 is 19.4 Å². The van der Waals surface area contributed by atoms with Gasteiger partial charge in [-0.3, -0.25) is 4.79 Å². The summed E-state index contributed by atoms with van der Waals surface area (Å²) >= 11 is 1.32. The zero-order valence-corrected chi connectivity index (χ0v) is 19.4. The summed E-state index contributed by atoms with van der Waals surface area (Å²) in [5.41, 5.74) is 0.989. The number of carbonyl (C=O) groups excluding carboxylic acids is 1. The van der Waals surface area contributed by atoms with Gasteiger partial charge in [0.1, 0.15) is 17.3 Å². The molecule has 0 saturated heterocycles. The molecule has 7 nitrogen and oxygen atoms in total. The van der Waals surface area contributed by atoms with E-state index in [1.165, 1.54) is 23.9 Å². The van der Waals surface area contributed by atoms with E-state index in [-0.39, 0.29) is 23.5 Å². The van der Waals surface area contributed by atoms with Crippen LogP contribution in [0.3, 0.4) is 0 Å². The van der Waals surface area contributed by atoms with Crippen LogP contribution >= 0.6 is 11.8 Å². The lowest BCUT2D eigenvalue weighted by Gasteiger charge is -2.18. The molecule has 1 heterocycles. The van der Waals surface area contributed by atoms with Crippen LogP contribution in [0.2, 0.25) is 0 Å². The van der Waals surface area contributed by atoms with Gasteiger partial charge in [-0.2, -0.15) is 0 Å². The molecule has 1 amide bonds. The van der Waals surface area contributed by atoms with Gasteiger partial charge in [-0.05, 0) is 62.7 Å². The molecular formula is C23H27FN4O3S. The number of aromatic nitrogens is 3. The van der Waals surface area contributed by atoms with Crippen LogP contribution in [0.5, 0.6) is 11.5 Å². The fourth-order valence-electron chi connectivity index (χ4n) is 3.04. The lowest BCUT2D eigenvalue weighted by Crippen LogP contribution is -2.24. The van der Waals surface area contributed by atoms with E-state index in [4.69, 9.17) is 9.47 Å². The second-order valence-corrected chi connectivity index (χ2v) is 8.37. The molecule has 0 fully saturated rings. The number of ether oxygens (including phenoxy) is 2. The number of methoxy groups -OCH3 is 1. The van der Waals surface area contributed by atoms with Gasteiger partial charge in [-0.25, -0.2) is 4.39 Å². The molecule has 2 aromatic carbocycles. The number of amides is 1. The highest BCUT2D eigenvalue weighted by molar-refractivity contribution is 7.99. The molecule has 32 heavy (non-hydrogen) atoms. The topological polar surface area (TPSA) is 78.3 Å². The van der Waals surface area contributed by atoms with Crippen molar-refractivity contribution >= 4 is 17.7 Å². The van der Waals surface area contributed by atoms with Gasteiger partial charge in [-0.1, -0.05) is 23.9 Å². The smallest absolute Gasteiger partial charge is 0.230 e. The van der Waals surface area contributed by atoms with Gasteiger partial charge in [-0.15, -0.1) is 10.2 Å². The number of carbonyl (C=O) groups is 1. The van der Waals surface area contributed by atoms with Crippen LogP contribution in [0.25, 0.3) is 0 Å². The third-order valence-electron chi connectivity index (χ3n) is 4.68. The highest BCUT2D eigenvalue weighted by atomic mass is 32.2. The third kappa shape index (κ3) is 6.23. The molecule has 9 heteroatoms. The Hall–Kier alpha value is -3.07. The maximum atomic E-state index is 13.1. The van der Waals surface area contributed by atoms with Gasteiger partial charge in [0.25, 0.3) is 0 Å². The van der Waals surface area contributed by atoms with Crippen molar-refractivity contribution in [1.29, 1.82) is 0 Å². The van der Waals surface area contributed by atoms with E-state index in [1.807, 2.05) is 49.6 Å². The Morgan fingerprint density at radius 3 is 2.34 bits per heavy atom. The molecule has 0 saturated carbocycles. The number of hydrogen-bond donors (Lipinski definition) is 1. The van der Waals surface area contributed by atoms with E-state index in [0.29, 0.717) is 23.3 Å². The monoisotopic (exact) mass is 458 g/mol. The Labute approximate surface area is 191 Å². The molecule has 1 atom stereocenters. The van der Waals surface area contributed by atoms with Crippen LogP contribution in [-0.2, 0) is 11.3 Å². The van der Waals surface area contributed by atoms with E-state index in [9.17, 15) is 9.18 Å². The maximum Gasteiger partial charge on any atom is 0.230 e. The normalized spacial score (nSPS) is 11.9. The molecule has 170 valence electrons. The Morgan fingerprint density at radius 1 is 1.06 bits per heavy atom. The largest absolute Gasteiger partial charge is 0.497 e. The summed E-state index contributed by atoms with van der Waals surface area (Å²) in [6.45, 7) is 6.34. The highest BCUT2D eigenvalue weighted by Crippen LogP contribution is 2.27. The van der Waals surface area contributed by atoms with Gasteiger partial charge in [0.15, 0.2) is 17.1 Å². The number of nitrogens with one attached hydrogen (secondary N) is 1. The van der Waals surface area contributed by atoms with Gasteiger partial charge >= 0.3 is 0 Å². The Kier molecular flexibility index (Phi) is 8.10. The first-order valence-corrected chi connectivity index (χ1v) is 11.3. The van der Waals surface area contributed by atoms with E-state index in [2.05, 4.69) is 15.5 Å². The van der Waals surface area contributed by atoms with Crippen LogP contribution in [0.4, 0.5) is 4.39 Å². The molecule has 1 N–H and O–H groups in total. The lowest BCUT2D eigenvalue weighted by molar-refractivity contribution is -0.118. The minimum atomic E-state index is -0.395. The number of benzene rings is 2. The second kappa shape index (κ2) is 11.0. The minimum absolute atomic E-state index is 0.0733. The fourth-order valence-corrected chi connectivity index (χ4v) is 3.95. The number of rotatable bonds is 10. The summed E-state index contributed by atoms with van der Waals surface area (Å²) < 4.78 is 26.1. The van der Waals surface area contributed by atoms with Gasteiger partial charge in [0, 0.05) is 12.6 Å². The summed E-state index contributed by atoms with van der Waals surface area (Å²) in [6.07, 6.45) is -0.395. The van der Waals surface area contributed by atoms with Crippen molar-refractivity contribution in [3.05, 3.63) is 65.7 Å². The highest BCUT2D eigenvalue weighted by Gasteiger charge is 2.22. The second-order valence-electron chi connectivity index (χ2n) is 7.43. The van der Waals surface area contributed by atoms with Crippen molar-refractivity contribution in [3.63, 3.8) is 0 Å². The molecule has 3 rings (SSSR count). The van der Waals surface area contributed by atoms with Crippen LogP contribution in [0, 0.1) is 5.82 Å². The van der Waals surface area contributed by atoms with Crippen molar-refractivity contribution in [2.75, 3.05) is 12.9 Å². The van der Waals surface area contributed by atoms with Gasteiger partial charge in [0.05, 0.1) is 12.9 Å². The molecule has 0 aliphatic carbocycles. The molecule has 0 bridgehead atoms. The van der Waals surface area contributed by atoms with Crippen molar-refractivity contribution in [2.45, 2.75) is 44.6 Å². The number of nitrogens with zero attached hydrogens (tertiary/aromatic N) is 3. The molecule has 1 unspecified atom stereocenters. The minimum Gasteiger partial charge on any atom is -0.497 e. The number of hydrogen-bond acceptors (Lipinski definition) is 6.